The first-order valence-electron chi connectivity index (χ1n) is 13.2. The Labute approximate surface area is 246 Å². The fourth-order valence-corrected chi connectivity index (χ4v) is 7.04. The second kappa shape index (κ2) is 17.7. The topological polar surface area (TPSA) is 263 Å². The van der Waals surface area contributed by atoms with E-state index in [0.717, 1.165) is 17.4 Å². The summed E-state index contributed by atoms with van der Waals surface area (Å²) in [5.74, 6) is -2.01. The minimum absolute atomic E-state index is 0.0842. The van der Waals surface area contributed by atoms with Crippen molar-refractivity contribution in [2.24, 2.45) is 32.9 Å². The van der Waals surface area contributed by atoms with Gasteiger partial charge in [-0.25, -0.2) is 18.1 Å². The van der Waals surface area contributed by atoms with Crippen LogP contribution in [0, 0.1) is 0 Å². The number of hydrogen-bond donors (Lipinski definition) is 7. The van der Waals surface area contributed by atoms with Gasteiger partial charge >= 0.3 is 0 Å². The maximum Gasteiger partial charge on any atom is 0.239 e. The molecule has 18 heteroatoms. The van der Waals surface area contributed by atoms with Crippen molar-refractivity contribution >= 4 is 59.0 Å². The summed E-state index contributed by atoms with van der Waals surface area (Å²) in [6, 6.07) is -1.23. The molecule has 0 aliphatic carbocycles. The zero-order valence-corrected chi connectivity index (χ0v) is 26.5. The molecule has 15 nitrogen and oxygen atoms in total. The van der Waals surface area contributed by atoms with Crippen molar-refractivity contribution < 1.29 is 22.8 Å². The van der Waals surface area contributed by atoms with Crippen LogP contribution in [-0.4, -0.2) is 88.5 Å². The van der Waals surface area contributed by atoms with E-state index in [1.54, 1.807) is 5.38 Å². The molecule has 232 valence electrons. The molecule has 0 unspecified atom stereocenters. The van der Waals surface area contributed by atoms with Crippen molar-refractivity contribution in [1.29, 1.82) is 0 Å². The summed E-state index contributed by atoms with van der Waals surface area (Å²) in [7, 11) is -5.20. The van der Waals surface area contributed by atoms with Gasteiger partial charge in [0.1, 0.15) is 6.04 Å². The molecule has 0 spiro atoms. The van der Waals surface area contributed by atoms with Gasteiger partial charge in [0, 0.05) is 32.7 Å². The molecule has 41 heavy (non-hydrogen) atoms. The van der Waals surface area contributed by atoms with Gasteiger partial charge in [-0.2, -0.15) is 0 Å². The Kier molecular flexibility index (Phi) is 15.5. The number of hydrogen-bond acceptors (Lipinski definition) is 9. The van der Waals surface area contributed by atoms with Crippen molar-refractivity contribution in [3.8, 4) is 0 Å². The molecule has 2 amide bonds. The summed E-state index contributed by atoms with van der Waals surface area (Å²) in [6.07, 6.45) is 3.03. The van der Waals surface area contributed by atoms with Crippen LogP contribution in [0.25, 0.3) is 0 Å². The third kappa shape index (κ3) is 16.7. The molecule has 0 aliphatic heterocycles. The van der Waals surface area contributed by atoms with Crippen molar-refractivity contribution in [2.75, 3.05) is 25.4 Å². The SMILES string of the molecule is C[Si](C)(C)CCCS(=O)(=O)N[C@H](CCCN=C(N)N)C(=O)NCC(=O)N[C@@H](CCCN=C(N)N)C(=O)c1nccs1. The molecule has 0 aromatic carbocycles. The van der Waals surface area contributed by atoms with E-state index in [0.29, 0.717) is 19.3 Å². The number of nitrogens with one attached hydrogen (secondary N) is 3. The number of Topliss-reactive ketones (excluding diaryl/α,β-unsaturated/α-hetero) is 1. The fraction of sp³-hybridized carbons (Fsp3) is 0.652. The predicted octanol–water partition coefficient (Wildman–Crippen LogP) is -0.950. The van der Waals surface area contributed by atoms with Crippen LogP contribution >= 0.6 is 11.3 Å². The summed E-state index contributed by atoms with van der Waals surface area (Å²) >= 11 is 1.14. The third-order valence-corrected chi connectivity index (χ3v) is 9.70. The van der Waals surface area contributed by atoms with Gasteiger partial charge in [0.05, 0.1) is 18.3 Å². The van der Waals surface area contributed by atoms with Crippen LogP contribution in [-0.2, 0) is 19.6 Å². The predicted molar refractivity (Wildman–Crippen MR) is 165 cm³/mol. The molecule has 1 heterocycles. The summed E-state index contributed by atoms with van der Waals surface area (Å²) < 4.78 is 27.9. The number of thiazole rings is 1. The first-order chi connectivity index (χ1) is 19.1. The number of guanidine groups is 2. The minimum Gasteiger partial charge on any atom is -0.370 e. The van der Waals surface area contributed by atoms with Crippen LogP contribution in [0.2, 0.25) is 25.7 Å². The molecule has 2 atom stereocenters. The Balaban J connectivity index is 2.84. The number of amides is 2. The van der Waals surface area contributed by atoms with E-state index in [4.69, 9.17) is 22.9 Å². The van der Waals surface area contributed by atoms with Gasteiger partial charge in [0.2, 0.25) is 27.6 Å². The molecule has 0 radical (unpaired) electrons. The van der Waals surface area contributed by atoms with Crippen LogP contribution in [0.15, 0.2) is 21.6 Å². The van der Waals surface area contributed by atoms with Gasteiger partial charge in [0.15, 0.2) is 16.9 Å². The average molecular weight is 633 g/mol. The largest absolute Gasteiger partial charge is 0.370 e. The smallest absolute Gasteiger partial charge is 0.239 e. The van der Waals surface area contributed by atoms with E-state index < -0.39 is 48.5 Å². The maximum atomic E-state index is 13.0. The molecular formula is C23H44N10O5S2Si. The highest BCUT2D eigenvalue weighted by atomic mass is 32.2. The van der Waals surface area contributed by atoms with E-state index in [9.17, 15) is 22.8 Å². The van der Waals surface area contributed by atoms with Gasteiger partial charge in [-0.05, 0) is 32.1 Å². The second-order valence-corrected chi connectivity index (χ2v) is 19.0. The number of rotatable bonds is 20. The standard InChI is InChI=1S/C23H44N10O5S2Si/c1-41(2,3)14-6-13-40(37,38)33-17(8-5-10-30-23(26)27)20(36)31-15-18(34)32-16(7-4-9-29-22(24)25)19(35)21-28-11-12-39-21/h11-12,16-17,33H,4-10,13-15H2,1-3H3,(H,31,36)(H,32,34)(H4,24,25,29)(H4,26,27,30)/t16-,17+/m0/s1. The quantitative estimate of drug-likeness (QED) is 0.0304. The van der Waals surface area contributed by atoms with Gasteiger partial charge < -0.3 is 33.6 Å². The van der Waals surface area contributed by atoms with Crippen molar-refractivity contribution in [1.82, 2.24) is 20.3 Å². The number of ketones is 1. The fourth-order valence-electron chi connectivity index (χ4n) is 3.62. The summed E-state index contributed by atoms with van der Waals surface area (Å²) in [6.45, 7) is 6.43. The van der Waals surface area contributed by atoms with Gasteiger partial charge in [-0.15, -0.1) is 11.3 Å². The van der Waals surface area contributed by atoms with E-state index in [1.165, 1.54) is 6.20 Å². The Bertz CT molecular complexity index is 1150. The third-order valence-electron chi connectivity index (χ3n) is 5.59. The van der Waals surface area contributed by atoms with Gasteiger partial charge in [-0.3, -0.25) is 24.4 Å². The molecule has 11 N–H and O–H groups in total. The molecule has 0 bridgehead atoms. The van der Waals surface area contributed by atoms with Crippen LogP contribution in [0.1, 0.15) is 41.9 Å². The molecule has 1 rings (SSSR count). The number of carbonyl (C=O) groups is 3. The molecule has 0 saturated heterocycles. The number of aromatic nitrogens is 1. The molecule has 1 aromatic rings. The summed E-state index contributed by atoms with van der Waals surface area (Å²) in [4.78, 5) is 50.3. The van der Waals surface area contributed by atoms with Gasteiger partial charge in [-0.1, -0.05) is 25.7 Å². The number of sulfonamides is 1. The lowest BCUT2D eigenvalue weighted by atomic mass is 10.1. The molecule has 0 aliphatic rings. The highest BCUT2D eigenvalue weighted by molar-refractivity contribution is 7.89. The number of carbonyl (C=O) groups excluding carboxylic acids is 3. The van der Waals surface area contributed by atoms with E-state index in [-0.39, 0.29) is 54.4 Å². The zero-order valence-electron chi connectivity index (χ0n) is 23.9. The number of aliphatic imine (C=N–C) groups is 2. The first kappa shape index (κ1) is 35.9. The Morgan fingerprint density at radius 1 is 0.976 bits per heavy atom. The second-order valence-electron chi connectivity index (χ2n) is 10.6. The Morgan fingerprint density at radius 2 is 1.56 bits per heavy atom. The van der Waals surface area contributed by atoms with Crippen LogP contribution in [0.4, 0.5) is 0 Å². The average Bonchev–Trinajstić information content (AvgIpc) is 3.39. The van der Waals surface area contributed by atoms with E-state index in [2.05, 4.69) is 50.0 Å². The monoisotopic (exact) mass is 632 g/mol. The normalized spacial score (nSPS) is 13.0. The van der Waals surface area contributed by atoms with Crippen molar-refractivity contribution in [3.63, 3.8) is 0 Å². The Morgan fingerprint density at radius 3 is 2.07 bits per heavy atom. The zero-order chi connectivity index (χ0) is 31.1. The van der Waals surface area contributed by atoms with Crippen LogP contribution in [0.5, 0.6) is 0 Å². The number of nitrogens with zero attached hydrogens (tertiary/aromatic N) is 3. The van der Waals surface area contributed by atoms with E-state index in [1.807, 2.05) is 0 Å². The van der Waals surface area contributed by atoms with Crippen LogP contribution < -0.4 is 38.3 Å². The minimum atomic E-state index is -3.77. The lowest BCUT2D eigenvalue weighted by molar-refractivity contribution is -0.127. The summed E-state index contributed by atoms with van der Waals surface area (Å²) in [5.41, 5.74) is 21.3. The molecular weight excluding hydrogens is 589 g/mol. The molecule has 1 aromatic heterocycles. The lowest BCUT2D eigenvalue weighted by Gasteiger charge is -2.20. The van der Waals surface area contributed by atoms with Crippen LogP contribution in [0.3, 0.4) is 0 Å². The van der Waals surface area contributed by atoms with Crippen molar-refractivity contribution in [3.05, 3.63) is 16.6 Å². The maximum absolute atomic E-state index is 13.0. The molecule has 0 saturated carbocycles. The first-order valence-corrected chi connectivity index (χ1v) is 19.4. The lowest BCUT2D eigenvalue weighted by Crippen LogP contribution is -2.51. The molecule has 0 fully saturated rings. The van der Waals surface area contributed by atoms with E-state index >= 15 is 0 Å². The summed E-state index contributed by atoms with van der Waals surface area (Å²) in [5, 5.41) is 6.95. The van der Waals surface area contributed by atoms with Gasteiger partial charge in [0.25, 0.3) is 0 Å². The Hall–Kier alpha value is -3.09. The number of nitrogens with two attached hydrogens (primary N) is 4. The highest BCUT2D eigenvalue weighted by Crippen LogP contribution is 2.13. The van der Waals surface area contributed by atoms with Crippen molar-refractivity contribution in [2.45, 2.75) is 69.9 Å². The highest BCUT2D eigenvalue weighted by Gasteiger charge is 2.27.